The highest BCUT2D eigenvalue weighted by Gasteiger charge is 2.28. The lowest BCUT2D eigenvalue weighted by molar-refractivity contribution is 0.174. The molecule has 1 aliphatic heterocycles. The molecule has 6 nitrogen and oxygen atoms in total. The smallest absolute Gasteiger partial charge is 0.231 e. The van der Waals surface area contributed by atoms with Gasteiger partial charge in [-0.25, -0.2) is 4.98 Å². The molecule has 21 heavy (non-hydrogen) atoms. The summed E-state index contributed by atoms with van der Waals surface area (Å²) < 4.78 is 16.5. The monoisotopic (exact) mass is 285 g/mol. The van der Waals surface area contributed by atoms with Crippen molar-refractivity contribution in [2.75, 3.05) is 12.5 Å². The zero-order valence-corrected chi connectivity index (χ0v) is 11.6. The first-order valence-corrected chi connectivity index (χ1v) is 6.92. The molecule has 0 amide bonds. The van der Waals surface area contributed by atoms with Crippen LogP contribution in [0.2, 0.25) is 0 Å². The summed E-state index contributed by atoms with van der Waals surface area (Å²) in [6.45, 7) is 2.10. The van der Waals surface area contributed by atoms with Crippen LogP contribution in [-0.2, 0) is 0 Å². The molecule has 1 aromatic carbocycles. The van der Waals surface area contributed by atoms with Gasteiger partial charge in [0.05, 0.1) is 5.56 Å². The van der Waals surface area contributed by atoms with Crippen molar-refractivity contribution in [2.45, 2.75) is 25.7 Å². The van der Waals surface area contributed by atoms with Crippen molar-refractivity contribution >= 4 is 5.82 Å². The summed E-state index contributed by atoms with van der Waals surface area (Å²) in [4.78, 5) is 8.84. The number of hydrogen-bond acceptors (Lipinski definition) is 6. The molecule has 4 rings (SSSR count). The molecule has 2 aromatic rings. The van der Waals surface area contributed by atoms with Gasteiger partial charge in [-0.05, 0) is 31.9 Å². The van der Waals surface area contributed by atoms with Gasteiger partial charge >= 0.3 is 0 Å². The molecule has 2 N–H and O–H groups in total. The highest BCUT2D eigenvalue weighted by atomic mass is 16.7. The summed E-state index contributed by atoms with van der Waals surface area (Å²) in [5.41, 5.74) is 6.70. The fraction of sp³-hybridized carbons (Fsp3) is 0.333. The fourth-order valence-corrected chi connectivity index (χ4v) is 2.21. The third-order valence-corrected chi connectivity index (χ3v) is 3.66. The maximum atomic E-state index is 5.96. The average Bonchev–Trinajstić information content (AvgIpc) is 3.22. The normalized spacial score (nSPS) is 16.0. The number of anilines is 1. The highest BCUT2D eigenvalue weighted by Crippen LogP contribution is 2.41. The topological polar surface area (TPSA) is 79.5 Å². The summed E-state index contributed by atoms with van der Waals surface area (Å²) >= 11 is 0. The molecule has 1 aromatic heterocycles. The molecule has 1 saturated carbocycles. The van der Waals surface area contributed by atoms with E-state index >= 15 is 0 Å². The van der Waals surface area contributed by atoms with Gasteiger partial charge in [0.2, 0.25) is 12.7 Å². The van der Waals surface area contributed by atoms with Crippen LogP contribution in [0.25, 0.3) is 0 Å². The lowest BCUT2D eigenvalue weighted by Gasteiger charge is -2.11. The van der Waals surface area contributed by atoms with Crippen molar-refractivity contribution < 1.29 is 14.2 Å². The Morgan fingerprint density at radius 1 is 1.19 bits per heavy atom. The number of rotatable bonds is 3. The number of nitrogen functional groups attached to an aromatic ring is 1. The Bertz CT molecular complexity index is 714. The largest absolute Gasteiger partial charge is 0.454 e. The summed E-state index contributed by atoms with van der Waals surface area (Å²) in [6.07, 6.45) is 2.23. The minimum Gasteiger partial charge on any atom is -0.454 e. The van der Waals surface area contributed by atoms with E-state index in [-0.39, 0.29) is 6.79 Å². The molecule has 1 fully saturated rings. The lowest BCUT2D eigenvalue weighted by Crippen LogP contribution is -2.04. The van der Waals surface area contributed by atoms with Crippen molar-refractivity contribution in [1.29, 1.82) is 0 Å². The standard InChI is InChI=1S/C15H15N3O3/c1-8-13(16)17-14(9-2-3-9)18-15(8)21-10-4-5-11-12(6-10)20-7-19-11/h4-6,9H,2-3,7H2,1H3,(H2,16,17,18). The van der Waals surface area contributed by atoms with Crippen LogP contribution in [0.15, 0.2) is 18.2 Å². The first-order valence-electron chi connectivity index (χ1n) is 6.92. The van der Waals surface area contributed by atoms with Crippen LogP contribution in [0.5, 0.6) is 23.1 Å². The first-order chi connectivity index (χ1) is 10.2. The fourth-order valence-electron chi connectivity index (χ4n) is 2.21. The zero-order valence-electron chi connectivity index (χ0n) is 11.6. The molecular formula is C15H15N3O3. The van der Waals surface area contributed by atoms with E-state index in [2.05, 4.69) is 9.97 Å². The molecule has 0 unspecified atom stereocenters. The number of hydrogen-bond donors (Lipinski definition) is 1. The van der Waals surface area contributed by atoms with Gasteiger partial charge in [-0.15, -0.1) is 0 Å². The molecule has 6 heteroatoms. The summed E-state index contributed by atoms with van der Waals surface area (Å²) in [5.74, 6) is 4.21. The molecule has 1 aliphatic carbocycles. The second kappa shape index (κ2) is 4.51. The second-order valence-electron chi connectivity index (χ2n) is 5.29. The van der Waals surface area contributed by atoms with Crippen molar-refractivity contribution in [2.24, 2.45) is 0 Å². The minimum atomic E-state index is 0.240. The summed E-state index contributed by atoms with van der Waals surface area (Å²) in [7, 11) is 0. The second-order valence-corrected chi connectivity index (χ2v) is 5.29. The van der Waals surface area contributed by atoms with E-state index in [1.165, 1.54) is 0 Å². The molecule has 2 aliphatic rings. The Balaban J connectivity index is 1.67. The first kappa shape index (κ1) is 12.3. The Morgan fingerprint density at radius 3 is 2.81 bits per heavy atom. The minimum absolute atomic E-state index is 0.240. The maximum Gasteiger partial charge on any atom is 0.231 e. The van der Waals surface area contributed by atoms with Crippen molar-refractivity contribution in [3.05, 3.63) is 29.6 Å². The van der Waals surface area contributed by atoms with Gasteiger partial charge in [0.15, 0.2) is 11.5 Å². The van der Waals surface area contributed by atoms with Crippen molar-refractivity contribution in [3.8, 4) is 23.1 Å². The van der Waals surface area contributed by atoms with Gasteiger partial charge in [0.25, 0.3) is 0 Å². The van der Waals surface area contributed by atoms with Crippen molar-refractivity contribution in [1.82, 2.24) is 9.97 Å². The van der Waals surface area contributed by atoms with Gasteiger partial charge < -0.3 is 19.9 Å². The molecule has 0 radical (unpaired) electrons. The van der Waals surface area contributed by atoms with Crippen LogP contribution in [0.3, 0.4) is 0 Å². The van der Waals surface area contributed by atoms with Crippen molar-refractivity contribution in [3.63, 3.8) is 0 Å². The van der Waals surface area contributed by atoms with Gasteiger partial charge in [0, 0.05) is 12.0 Å². The van der Waals surface area contributed by atoms with E-state index < -0.39 is 0 Å². The average molecular weight is 285 g/mol. The van der Waals surface area contributed by atoms with Gasteiger partial charge in [0.1, 0.15) is 17.4 Å². The van der Waals surface area contributed by atoms with Gasteiger partial charge in [-0.2, -0.15) is 4.98 Å². The van der Waals surface area contributed by atoms with E-state index in [4.69, 9.17) is 19.9 Å². The van der Waals surface area contributed by atoms with Crippen LogP contribution in [-0.4, -0.2) is 16.8 Å². The van der Waals surface area contributed by atoms with Crippen LogP contribution in [0.4, 0.5) is 5.82 Å². The zero-order chi connectivity index (χ0) is 14.4. The molecule has 0 bridgehead atoms. The van der Waals surface area contributed by atoms with Crippen LogP contribution in [0, 0.1) is 6.92 Å². The Morgan fingerprint density at radius 2 is 2.00 bits per heavy atom. The van der Waals surface area contributed by atoms with Crippen LogP contribution in [0.1, 0.15) is 30.1 Å². The van der Waals surface area contributed by atoms with E-state index in [0.717, 1.165) is 30.0 Å². The predicted molar refractivity (Wildman–Crippen MR) is 75.8 cm³/mol. The van der Waals surface area contributed by atoms with E-state index in [1.807, 2.05) is 19.1 Å². The molecule has 108 valence electrons. The third kappa shape index (κ3) is 2.22. The van der Waals surface area contributed by atoms with Crippen LogP contribution < -0.4 is 19.9 Å². The molecular weight excluding hydrogens is 270 g/mol. The Hall–Kier alpha value is -2.50. The van der Waals surface area contributed by atoms with E-state index in [9.17, 15) is 0 Å². The van der Waals surface area contributed by atoms with E-state index in [0.29, 0.717) is 29.1 Å². The summed E-state index contributed by atoms with van der Waals surface area (Å²) in [6, 6.07) is 5.43. The third-order valence-electron chi connectivity index (χ3n) is 3.66. The number of ether oxygens (including phenoxy) is 3. The quantitative estimate of drug-likeness (QED) is 0.934. The molecule has 0 atom stereocenters. The number of benzene rings is 1. The number of nitrogens with zero attached hydrogens (tertiary/aromatic N) is 2. The molecule has 0 saturated heterocycles. The SMILES string of the molecule is Cc1c(N)nc(C2CC2)nc1Oc1ccc2c(c1)OCO2. The van der Waals surface area contributed by atoms with E-state index in [1.54, 1.807) is 6.07 Å². The van der Waals surface area contributed by atoms with Gasteiger partial charge in [-0.1, -0.05) is 0 Å². The predicted octanol–water partition coefficient (Wildman–Crippen LogP) is 2.77. The number of fused-ring (bicyclic) bond motifs is 1. The Labute approximate surface area is 121 Å². The van der Waals surface area contributed by atoms with Crippen LogP contribution >= 0.6 is 0 Å². The highest BCUT2D eigenvalue weighted by molar-refractivity contribution is 5.50. The Kier molecular flexibility index (Phi) is 2.63. The lowest BCUT2D eigenvalue weighted by atomic mass is 10.3. The van der Waals surface area contributed by atoms with Gasteiger partial charge in [-0.3, -0.25) is 0 Å². The maximum absolute atomic E-state index is 5.96. The summed E-state index contributed by atoms with van der Waals surface area (Å²) in [5, 5.41) is 0. The molecule has 0 spiro atoms. The number of nitrogens with two attached hydrogens (primary N) is 1. The molecule has 2 heterocycles. The number of aromatic nitrogens is 2.